The zero-order valence-electron chi connectivity index (χ0n) is 14.5. The van der Waals surface area contributed by atoms with Crippen molar-refractivity contribution in [3.63, 3.8) is 0 Å². The summed E-state index contributed by atoms with van der Waals surface area (Å²) in [5, 5.41) is 0. The van der Waals surface area contributed by atoms with Crippen molar-refractivity contribution in [1.82, 2.24) is 14.7 Å². The van der Waals surface area contributed by atoms with Crippen LogP contribution in [0.5, 0.6) is 0 Å². The molecule has 0 spiro atoms. The highest BCUT2D eigenvalue weighted by Crippen LogP contribution is 2.26. The van der Waals surface area contributed by atoms with E-state index in [1.807, 2.05) is 16.7 Å². The number of amides is 2. The summed E-state index contributed by atoms with van der Waals surface area (Å²) in [4.78, 5) is 31.3. The van der Waals surface area contributed by atoms with Crippen molar-refractivity contribution in [2.75, 3.05) is 32.7 Å². The SMILES string of the molecule is C[C@@H]1C(=O)N2CCC[C@H]2CN1C(=O)CCCN1CCCCCC1. The second-order valence-electron chi connectivity index (χ2n) is 7.41. The van der Waals surface area contributed by atoms with E-state index in [2.05, 4.69) is 4.90 Å². The molecule has 0 aromatic heterocycles. The Balaban J connectivity index is 1.46. The Kier molecular flexibility index (Phi) is 5.57. The van der Waals surface area contributed by atoms with E-state index in [-0.39, 0.29) is 23.9 Å². The van der Waals surface area contributed by atoms with Gasteiger partial charge in [-0.1, -0.05) is 12.8 Å². The molecule has 3 rings (SSSR count). The number of fused-ring (bicyclic) bond motifs is 1. The van der Waals surface area contributed by atoms with Crippen LogP contribution < -0.4 is 0 Å². The number of carbonyl (C=O) groups is 2. The Morgan fingerprint density at radius 2 is 1.83 bits per heavy atom. The first-order valence-corrected chi connectivity index (χ1v) is 9.49. The van der Waals surface area contributed by atoms with Crippen LogP contribution in [-0.4, -0.2) is 71.3 Å². The monoisotopic (exact) mass is 321 g/mol. The number of nitrogens with zero attached hydrogens (tertiary/aromatic N) is 3. The molecule has 0 bridgehead atoms. The van der Waals surface area contributed by atoms with Crippen molar-refractivity contribution in [1.29, 1.82) is 0 Å². The highest BCUT2D eigenvalue weighted by Gasteiger charge is 2.41. The smallest absolute Gasteiger partial charge is 0.245 e. The first-order chi connectivity index (χ1) is 11.2. The fraction of sp³-hybridized carbons (Fsp3) is 0.889. The van der Waals surface area contributed by atoms with Crippen molar-refractivity contribution in [3.05, 3.63) is 0 Å². The average molecular weight is 321 g/mol. The van der Waals surface area contributed by atoms with Crippen molar-refractivity contribution >= 4 is 11.8 Å². The minimum Gasteiger partial charge on any atom is -0.336 e. The molecule has 0 saturated carbocycles. The Labute approximate surface area is 140 Å². The molecule has 2 atom stereocenters. The van der Waals surface area contributed by atoms with Gasteiger partial charge in [0, 0.05) is 25.6 Å². The van der Waals surface area contributed by atoms with Crippen LogP contribution in [0.1, 0.15) is 58.3 Å². The summed E-state index contributed by atoms with van der Waals surface area (Å²) in [7, 11) is 0. The van der Waals surface area contributed by atoms with E-state index in [1.54, 1.807) is 0 Å². The normalized spacial score (nSPS) is 29.5. The maximum atomic E-state index is 12.6. The molecule has 3 saturated heterocycles. The number of carbonyl (C=O) groups excluding carboxylic acids is 2. The Morgan fingerprint density at radius 1 is 1.09 bits per heavy atom. The van der Waals surface area contributed by atoms with Crippen LogP contribution >= 0.6 is 0 Å². The molecule has 5 heteroatoms. The number of likely N-dealkylation sites (tertiary alicyclic amines) is 1. The summed E-state index contributed by atoms with van der Waals surface area (Å²) >= 11 is 0. The minimum atomic E-state index is -0.268. The number of hydrogen-bond acceptors (Lipinski definition) is 3. The molecule has 0 aromatic carbocycles. The molecule has 23 heavy (non-hydrogen) atoms. The molecule has 0 aliphatic carbocycles. The van der Waals surface area contributed by atoms with Crippen molar-refractivity contribution < 1.29 is 9.59 Å². The summed E-state index contributed by atoms with van der Waals surface area (Å²) in [5.74, 6) is 0.326. The molecule has 2 amide bonds. The standard InChI is InChI=1S/C18H31N3O2/c1-15-18(23)20-13-6-8-16(20)14-21(15)17(22)9-7-12-19-10-4-2-3-5-11-19/h15-16H,2-14H2,1H3/t15-,16+/m1/s1. The maximum Gasteiger partial charge on any atom is 0.245 e. The lowest BCUT2D eigenvalue weighted by Gasteiger charge is -2.41. The zero-order chi connectivity index (χ0) is 16.2. The summed E-state index contributed by atoms with van der Waals surface area (Å²) in [6.07, 6.45) is 8.93. The first-order valence-electron chi connectivity index (χ1n) is 9.49. The number of hydrogen-bond donors (Lipinski definition) is 0. The van der Waals surface area contributed by atoms with E-state index in [0.29, 0.717) is 6.42 Å². The lowest BCUT2D eigenvalue weighted by atomic mass is 10.1. The van der Waals surface area contributed by atoms with Gasteiger partial charge in [-0.3, -0.25) is 9.59 Å². The zero-order valence-corrected chi connectivity index (χ0v) is 14.5. The van der Waals surface area contributed by atoms with Crippen LogP contribution in [0.4, 0.5) is 0 Å². The van der Waals surface area contributed by atoms with Crippen LogP contribution in [0, 0.1) is 0 Å². The highest BCUT2D eigenvalue weighted by molar-refractivity contribution is 5.89. The van der Waals surface area contributed by atoms with Crippen molar-refractivity contribution in [2.45, 2.75) is 70.4 Å². The van der Waals surface area contributed by atoms with E-state index < -0.39 is 0 Å². The third kappa shape index (κ3) is 3.87. The van der Waals surface area contributed by atoms with E-state index in [1.165, 1.54) is 38.8 Å². The molecule has 3 heterocycles. The van der Waals surface area contributed by atoms with Crippen molar-refractivity contribution in [2.24, 2.45) is 0 Å². The second-order valence-corrected chi connectivity index (χ2v) is 7.41. The molecule has 3 aliphatic rings. The van der Waals surface area contributed by atoms with Crippen LogP contribution in [0.25, 0.3) is 0 Å². The average Bonchev–Trinajstić information content (AvgIpc) is 2.87. The van der Waals surface area contributed by atoms with Crippen LogP contribution in [-0.2, 0) is 9.59 Å². The third-order valence-electron chi connectivity index (χ3n) is 5.78. The van der Waals surface area contributed by atoms with Gasteiger partial charge in [-0.05, 0) is 58.7 Å². The fourth-order valence-corrected chi connectivity index (χ4v) is 4.35. The predicted octanol–water partition coefficient (Wildman–Crippen LogP) is 1.86. The van der Waals surface area contributed by atoms with E-state index in [9.17, 15) is 9.59 Å². The van der Waals surface area contributed by atoms with E-state index in [4.69, 9.17) is 0 Å². The minimum absolute atomic E-state index is 0.152. The summed E-state index contributed by atoms with van der Waals surface area (Å²) < 4.78 is 0. The summed E-state index contributed by atoms with van der Waals surface area (Å²) in [6.45, 7) is 6.91. The lowest BCUT2D eigenvalue weighted by molar-refractivity contribution is -0.152. The van der Waals surface area contributed by atoms with Gasteiger partial charge in [-0.25, -0.2) is 0 Å². The number of piperazine rings is 1. The predicted molar refractivity (Wildman–Crippen MR) is 90.1 cm³/mol. The van der Waals surface area contributed by atoms with E-state index >= 15 is 0 Å². The van der Waals surface area contributed by atoms with Crippen LogP contribution in [0.2, 0.25) is 0 Å². The summed E-state index contributed by atoms with van der Waals surface area (Å²) in [5.41, 5.74) is 0. The van der Waals surface area contributed by atoms with Gasteiger partial charge in [0.15, 0.2) is 0 Å². The highest BCUT2D eigenvalue weighted by atomic mass is 16.2. The second kappa shape index (κ2) is 7.65. The van der Waals surface area contributed by atoms with Gasteiger partial charge in [0.1, 0.15) is 6.04 Å². The van der Waals surface area contributed by atoms with Gasteiger partial charge in [-0.15, -0.1) is 0 Å². The van der Waals surface area contributed by atoms with Gasteiger partial charge < -0.3 is 14.7 Å². The number of rotatable bonds is 4. The lowest BCUT2D eigenvalue weighted by Crippen LogP contribution is -2.60. The molecule has 3 fully saturated rings. The van der Waals surface area contributed by atoms with Gasteiger partial charge in [0.2, 0.25) is 11.8 Å². The molecular formula is C18H31N3O2. The molecule has 130 valence electrons. The third-order valence-corrected chi connectivity index (χ3v) is 5.78. The van der Waals surface area contributed by atoms with Gasteiger partial charge in [0.25, 0.3) is 0 Å². The van der Waals surface area contributed by atoms with Gasteiger partial charge >= 0.3 is 0 Å². The molecular weight excluding hydrogens is 290 g/mol. The Morgan fingerprint density at radius 3 is 2.57 bits per heavy atom. The largest absolute Gasteiger partial charge is 0.336 e. The maximum absolute atomic E-state index is 12.6. The van der Waals surface area contributed by atoms with Crippen LogP contribution in [0.15, 0.2) is 0 Å². The topological polar surface area (TPSA) is 43.9 Å². The molecule has 0 N–H and O–H groups in total. The van der Waals surface area contributed by atoms with Gasteiger partial charge in [-0.2, -0.15) is 0 Å². The molecule has 3 aliphatic heterocycles. The Bertz CT molecular complexity index is 432. The molecule has 0 radical (unpaired) electrons. The van der Waals surface area contributed by atoms with Crippen molar-refractivity contribution in [3.8, 4) is 0 Å². The fourth-order valence-electron chi connectivity index (χ4n) is 4.35. The first kappa shape index (κ1) is 16.7. The molecule has 0 aromatic rings. The Hall–Kier alpha value is -1.10. The van der Waals surface area contributed by atoms with Crippen LogP contribution in [0.3, 0.4) is 0 Å². The quantitative estimate of drug-likeness (QED) is 0.794. The molecule has 5 nitrogen and oxygen atoms in total. The van der Waals surface area contributed by atoms with E-state index in [0.717, 1.165) is 38.9 Å². The summed E-state index contributed by atoms with van der Waals surface area (Å²) in [6, 6.07) is 0.00305. The molecule has 0 unspecified atom stereocenters. The van der Waals surface area contributed by atoms with Gasteiger partial charge in [0.05, 0.1) is 0 Å².